The summed E-state index contributed by atoms with van der Waals surface area (Å²) in [5, 5.41) is 10.3. The second-order valence-corrected chi connectivity index (χ2v) is 4.27. The lowest BCUT2D eigenvalue weighted by atomic mass is 10.2. The van der Waals surface area contributed by atoms with Crippen molar-refractivity contribution in [3.05, 3.63) is 40.1 Å². The second kappa shape index (κ2) is 9.38. The third-order valence-corrected chi connectivity index (χ3v) is 2.66. The fourth-order valence-corrected chi connectivity index (χ4v) is 1.69. The molecule has 7 nitrogen and oxygen atoms in total. The predicted molar refractivity (Wildman–Crippen MR) is 80.4 cm³/mol. The molecule has 1 aromatic rings. The molecule has 1 rings (SSSR count). The number of rotatable bonds is 9. The average Bonchev–Trinajstić information content (AvgIpc) is 2.50. The number of carbonyl (C=O) groups excluding carboxylic acids is 1. The lowest BCUT2D eigenvalue weighted by molar-refractivity contribution is -0.400. The van der Waals surface area contributed by atoms with Crippen molar-refractivity contribution in [1.29, 1.82) is 0 Å². The summed E-state index contributed by atoms with van der Waals surface area (Å²) < 4.78 is 15.6. The summed E-state index contributed by atoms with van der Waals surface area (Å²) >= 11 is 0. The predicted octanol–water partition coefficient (Wildman–Crippen LogP) is 2.66. The van der Waals surface area contributed by atoms with Crippen molar-refractivity contribution >= 4 is 12.0 Å². The van der Waals surface area contributed by atoms with Crippen LogP contribution < -0.4 is 9.47 Å². The van der Waals surface area contributed by atoms with Gasteiger partial charge in [-0.2, -0.15) is 0 Å². The quantitative estimate of drug-likeness (QED) is 0.301. The van der Waals surface area contributed by atoms with Crippen LogP contribution in [0.3, 0.4) is 0 Å². The van der Waals surface area contributed by atoms with Gasteiger partial charge in [0.25, 0.3) is 0 Å². The Morgan fingerprint density at radius 1 is 1.36 bits per heavy atom. The zero-order chi connectivity index (χ0) is 16.4. The Hall–Kier alpha value is -2.57. The number of esters is 1. The van der Waals surface area contributed by atoms with Gasteiger partial charge in [0.2, 0.25) is 6.20 Å². The highest BCUT2D eigenvalue weighted by Crippen LogP contribution is 2.28. The van der Waals surface area contributed by atoms with Crippen molar-refractivity contribution in [2.45, 2.75) is 19.8 Å². The first-order chi connectivity index (χ1) is 10.6. The molecule has 120 valence electrons. The SMILES string of the molecule is CCOC(=O)CCCOc1ccc(/C=C/[N+](=O)[O-])cc1OC. The minimum Gasteiger partial charge on any atom is -0.493 e. The van der Waals surface area contributed by atoms with Crippen molar-refractivity contribution in [1.82, 2.24) is 0 Å². The smallest absolute Gasteiger partial charge is 0.305 e. The fraction of sp³-hybridized carbons (Fsp3) is 0.400. The highest BCUT2D eigenvalue weighted by atomic mass is 16.6. The maximum Gasteiger partial charge on any atom is 0.305 e. The number of nitro groups is 1. The van der Waals surface area contributed by atoms with Gasteiger partial charge in [-0.3, -0.25) is 14.9 Å². The van der Waals surface area contributed by atoms with E-state index in [0.29, 0.717) is 43.1 Å². The Morgan fingerprint density at radius 3 is 2.77 bits per heavy atom. The van der Waals surface area contributed by atoms with E-state index in [2.05, 4.69) is 0 Å². The molecular weight excluding hydrogens is 290 g/mol. The first-order valence-electron chi connectivity index (χ1n) is 6.85. The van der Waals surface area contributed by atoms with Gasteiger partial charge < -0.3 is 14.2 Å². The molecule has 0 saturated heterocycles. The molecule has 0 radical (unpaired) electrons. The monoisotopic (exact) mass is 309 g/mol. The number of ether oxygens (including phenoxy) is 3. The van der Waals surface area contributed by atoms with E-state index in [0.717, 1.165) is 6.20 Å². The summed E-state index contributed by atoms with van der Waals surface area (Å²) in [6.07, 6.45) is 3.05. The first-order valence-corrected chi connectivity index (χ1v) is 6.85. The van der Waals surface area contributed by atoms with Crippen LogP contribution >= 0.6 is 0 Å². The molecule has 0 heterocycles. The third kappa shape index (κ3) is 6.25. The molecule has 0 aromatic heterocycles. The lowest BCUT2D eigenvalue weighted by Gasteiger charge is -2.11. The van der Waals surface area contributed by atoms with Gasteiger partial charge in [0.1, 0.15) is 0 Å². The number of methoxy groups -OCH3 is 1. The maximum atomic E-state index is 11.2. The summed E-state index contributed by atoms with van der Waals surface area (Å²) in [7, 11) is 1.49. The molecule has 0 saturated carbocycles. The molecule has 0 N–H and O–H groups in total. The molecule has 0 fully saturated rings. The Morgan fingerprint density at radius 2 is 2.14 bits per heavy atom. The molecule has 0 spiro atoms. The van der Waals surface area contributed by atoms with E-state index >= 15 is 0 Å². The maximum absolute atomic E-state index is 11.2. The van der Waals surface area contributed by atoms with E-state index in [4.69, 9.17) is 14.2 Å². The number of benzene rings is 1. The Balaban J connectivity index is 2.56. The Bertz CT molecular complexity index is 541. The van der Waals surface area contributed by atoms with E-state index in [1.807, 2.05) is 0 Å². The molecule has 0 aliphatic carbocycles. The Labute approximate surface area is 128 Å². The zero-order valence-electron chi connectivity index (χ0n) is 12.6. The number of hydrogen-bond donors (Lipinski definition) is 0. The molecule has 1 aromatic carbocycles. The van der Waals surface area contributed by atoms with Crippen LogP contribution in [0.25, 0.3) is 6.08 Å². The molecule has 7 heteroatoms. The van der Waals surface area contributed by atoms with E-state index in [1.54, 1.807) is 25.1 Å². The van der Waals surface area contributed by atoms with Crippen LogP contribution in [0, 0.1) is 10.1 Å². The van der Waals surface area contributed by atoms with Crippen LogP contribution in [0.2, 0.25) is 0 Å². The number of nitrogens with zero attached hydrogens (tertiary/aromatic N) is 1. The van der Waals surface area contributed by atoms with Crippen LogP contribution in [-0.4, -0.2) is 31.2 Å². The van der Waals surface area contributed by atoms with Gasteiger partial charge in [-0.1, -0.05) is 6.07 Å². The van der Waals surface area contributed by atoms with Gasteiger partial charge in [0, 0.05) is 12.5 Å². The Kier molecular flexibility index (Phi) is 7.45. The lowest BCUT2D eigenvalue weighted by Crippen LogP contribution is -2.07. The van der Waals surface area contributed by atoms with Crippen LogP contribution in [0.15, 0.2) is 24.4 Å². The van der Waals surface area contributed by atoms with Crippen LogP contribution in [0.4, 0.5) is 0 Å². The number of carbonyl (C=O) groups is 1. The van der Waals surface area contributed by atoms with Crippen molar-refractivity contribution in [3.8, 4) is 11.5 Å². The van der Waals surface area contributed by atoms with Gasteiger partial charge in [0.15, 0.2) is 11.5 Å². The number of hydrogen-bond acceptors (Lipinski definition) is 6. The topological polar surface area (TPSA) is 87.9 Å². The highest BCUT2D eigenvalue weighted by molar-refractivity contribution is 5.69. The van der Waals surface area contributed by atoms with Gasteiger partial charge in [-0.25, -0.2) is 0 Å². The van der Waals surface area contributed by atoms with E-state index in [9.17, 15) is 14.9 Å². The van der Waals surface area contributed by atoms with Crippen molar-refractivity contribution < 1.29 is 23.9 Å². The van der Waals surface area contributed by atoms with E-state index < -0.39 is 4.92 Å². The molecule has 0 atom stereocenters. The summed E-state index contributed by atoms with van der Waals surface area (Å²) in [4.78, 5) is 20.9. The molecule has 22 heavy (non-hydrogen) atoms. The minimum atomic E-state index is -0.535. The van der Waals surface area contributed by atoms with Crippen LogP contribution in [-0.2, 0) is 9.53 Å². The van der Waals surface area contributed by atoms with E-state index in [1.165, 1.54) is 13.2 Å². The molecule has 0 aliphatic rings. The summed E-state index contributed by atoms with van der Waals surface area (Å²) in [6.45, 7) is 2.47. The van der Waals surface area contributed by atoms with Crippen LogP contribution in [0.1, 0.15) is 25.3 Å². The zero-order valence-corrected chi connectivity index (χ0v) is 12.6. The molecule has 0 unspecified atom stereocenters. The van der Waals surface area contributed by atoms with Crippen LogP contribution in [0.5, 0.6) is 11.5 Å². The highest BCUT2D eigenvalue weighted by Gasteiger charge is 2.06. The second-order valence-electron chi connectivity index (χ2n) is 4.27. The summed E-state index contributed by atoms with van der Waals surface area (Å²) in [5.74, 6) is 0.740. The molecule has 0 aliphatic heterocycles. The average molecular weight is 309 g/mol. The van der Waals surface area contributed by atoms with Gasteiger partial charge in [0.05, 0.1) is 25.2 Å². The summed E-state index contributed by atoms with van der Waals surface area (Å²) in [5.41, 5.74) is 0.632. The third-order valence-electron chi connectivity index (χ3n) is 2.66. The van der Waals surface area contributed by atoms with Crippen molar-refractivity contribution in [3.63, 3.8) is 0 Å². The van der Waals surface area contributed by atoms with Gasteiger partial charge >= 0.3 is 5.97 Å². The minimum absolute atomic E-state index is 0.252. The summed E-state index contributed by atoms with van der Waals surface area (Å²) in [6, 6.07) is 4.99. The first kappa shape index (κ1) is 17.5. The molecular formula is C15H19NO6. The van der Waals surface area contributed by atoms with Gasteiger partial charge in [-0.05, 0) is 31.0 Å². The normalized spacial score (nSPS) is 10.5. The fourth-order valence-electron chi connectivity index (χ4n) is 1.69. The van der Waals surface area contributed by atoms with Crippen molar-refractivity contribution in [2.24, 2.45) is 0 Å². The largest absolute Gasteiger partial charge is 0.493 e. The molecule has 0 amide bonds. The molecule has 0 bridgehead atoms. The standard InChI is InChI=1S/C15H19NO6/c1-3-21-15(17)5-4-10-22-13-7-6-12(8-9-16(18)19)11-14(13)20-2/h6-9,11H,3-5,10H2,1-2H3/b9-8+. The van der Waals surface area contributed by atoms with Crippen molar-refractivity contribution in [2.75, 3.05) is 20.3 Å². The van der Waals surface area contributed by atoms with Gasteiger partial charge in [-0.15, -0.1) is 0 Å². The van der Waals surface area contributed by atoms with E-state index in [-0.39, 0.29) is 5.97 Å².